The van der Waals surface area contributed by atoms with E-state index < -0.39 is 21.6 Å². The number of sulfonamides is 1. The number of carbonyl (C=O) groups excluding carboxylic acids is 1. The summed E-state index contributed by atoms with van der Waals surface area (Å²) in [5.74, 6) is -0.989. The van der Waals surface area contributed by atoms with E-state index in [1.807, 2.05) is 0 Å². The largest absolute Gasteiger partial charge is 0.455 e. The quantitative estimate of drug-likeness (QED) is 0.809. The lowest BCUT2D eigenvalue weighted by atomic mass is 10.1. The van der Waals surface area contributed by atoms with Crippen molar-refractivity contribution in [2.45, 2.75) is 51.0 Å². The highest BCUT2D eigenvalue weighted by Gasteiger charge is 2.31. The molecule has 0 atom stereocenters. The Labute approximate surface area is 112 Å². The number of nitrogens with zero attached hydrogens (tertiary/aromatic N) is 1. The van der Waals surface area contributed by atoms with Gasteiger partial charge in [-0.1, -0.05) is 13.8 Å². The normalized spacial score (nSPS) is 12.8. The van der Waals surface area contributed by atoms with Crippen LogP contribution in [0.3, 0.4) is 0 Å². The molecule has 3 N–H and O–H groups in total. The van der Waals surface area contributed by atoms with Crippen LogP contribution >= 0.6 is 0 Å². The highest BCUT2D eigenvalue weighted by atomic mass is 32.2. The third-order valence-corrected chi connectivity index (χ3v) is 3.18. The number of carbonyl (C=O) groups is 1. The summed E-state index contributed by atoms with van der Waals surface area (Å²) >= 11 is 0. The summed E-state index contributed by atoms with van der Waals surface area (Å²) in [7, 11) is -4.06. The van der Waals surface area contributed by atoms with Crippen molar-refractivity contribution < 1.29 is 17.9 Å². The lowest BCUT2D eigenvalue weighted by Gasteiger charge is -2.18. The number of nitrogens with one attached hydrogen (secondary N) is 1. The van der Waals surface area contributed by atoms with Gasteiger partial charge in [0.25, 0.3) is 0 Å². The van der Waals surface area contributed by atoms with Crippen LogP contribution in [0.4, 0.5) is 0 Å². The minimum atomic E-state index is -4.06. The third-order valence-electron chi connectivity index (χ3n) is 2.20. The van der Waals surface area contributed by atoms with Gasteiger partial charge in [0, 0.05) is 0 Å². The van der Waals surface area contributed by atoms with E-state index >= 15 is 0 Å². The number of aromatic nitrogens is 2. The lowest BCUT2D eigenvalue weighted by Crippen LogP contribution is -2.26. The van der Waals surface area contributed by atoms with Crippen molar-refractivity contribution in [2.75, 3.05) is 0 Å². The van der Waals surface area contributed by atoms with Gasteiger partial charge in [-0.05, 0) is 26.7 Å². The number of aromatic amines is 1. The Balaban J connectivity index is 3.35. The first-order chi connectivity index (χ1) is 8.43. The fourth-order valence-electron chi connectivity index (χ4n) is 1.49. The first kappa shape index (κ1) is 15.6. The van der Waals surface area contributed by atoms with E-state index in [0.29, 0.717) is 5.69 Å². The fraction of sp³-hybridized carbons (Fsp3) is 0.636. The average molecular weight is 289 g/mol. The van der Waals surface area contributed by atoms with Gasteiger partial charge in [-0.2, -0.15) is 5.10 Å². The number of nitrogens with two attached hydrogens (primary N) is 1. The Morgan fingerprint density at radius 3 is 2.26 bits per heavy atom. The van der Waals surface area contributed by atoms with Gasteiger partial charge in [-0.15, -0.1) is 0 Å². The van der Waals surface area contributed by atoms with Crippen LogP contribution in [0, 0.1) is 0 Å². The molecule has 0 aliphatic carbocycles. The predicted molar refractivity (Wildman–Crippen MR) is 69.2 cm³/mol. The smallest absolute Gasteiger partial charge is 0.360 e. The second-order valence-corrected chi connectivity index (χ2v) is 7.01. The molecule has 0 fully saturated rings. The number of esters is 1. The SMILES string of the molecule is CC(C)c1[nH]nc(C(=O)OC(C)(C)C)c1S(N)(=O)=O. The van der Waals surface area contributed by atoms with E-state index in [9.17, 15) is 13.2 Å². The molecule has 1 aromatic heterocycles. The van der Waals surface area contributed by atoms with Crippen molar-refractivity contribution in [3.8, 4) is 0 Å². The first-order valence-corrected chi connectivity index (χ1v) is 7.32. The Morgan fingerprint density at radius 2 is 1.89 bits per heavy atom. The molecule has 0 amide bonds. The van der Waals surface area contributed by atoms with Crippen molar-refractivity contribution in [1.82, 2.24) is 10.2 Å². The molecule has 0 saturated carbocycles. The van der Waals surface area contributed by atoms with Gasteiger partial charge in [0.2, 0.25) is 10.0 Å². The van der Waals surface area contributed by atoms with Crippen LogP contribution in [0.5, 0.6) is 0 Å². The molecule has 0 aliphatic rings. The minimum absolute atomic E-state index is 0.169. The van der Waals surface area contributed by atoms with E-state index in [1.165, 1.54) is 0 Å². The summed E-state index contributed by atoms with van der Waals surface area (Å²) in [6, 6.07) is 0. The molecule has 0 saturated heterocycles. The van der Waals surface area contributed by atoms with Crippen LogP contribution in [0.2, 0.25) is 0 Å². The van der Waals surface area contributed by atoms with Crippen LogP contribution < -0.4 is 5.14 Å². The fourth-order valence-corrected chi connectivity index (χ4v) is 2.48. The number of hydrogen-bond donors (Lipinski definition) is 2. The second kappa shape index (κ2) is 4.93. The molecule has 7 nitrogen and oxygen atoms in total. The molecule has 0 spiro atoms. The first-order valence-electron chi connectivity index (χ1n) is 5.78. The van der Waals surface area contributed by atoms with E-state index in [-0.39, 0.29) is 16.5 Å². The van der Waals surface area contributed by atoms with E-state index in [0.717, 1.165) is 0 Å². The number of ether oxygens (including phenoxy) is 1. The van der Waals surface area contributed by atoms with Gasteiger partial charge in [-0.25, -0.2) is 18.4 Å². The zero-order chi connectivity index (χ0) is 15.0. The number of H-pyrrole nitrogens is 1. The molecular formula is C11H19N3O4S. The Kier molecular flexibility index (Phi) is 4.06. The molecule has 1 rings (SSSR count). The molecule has 108 valence electrons. The van der Waals surface area contributed by atoms with Gasteiger partial charge in [-0.3, -0.25) is 5.10 Å². The molecule has 0 bridgehead atoms. The number of primary sulfonamides is 1. The highest BCUT2D eigenvalue weighted by molar-refractivity contribution is 7.89. The summed E-state index contributed by atoms with van der Waals surface area (Å²) in [4.78, 5) is 11.6. The van der Waals surface area contributed by atoms with Gasteiger partial charge >= 0.3 is 5.97 Å². The molecule has 0 radical (unpaired) electrons. The molecule has 0 unspecified atom stereocenters. The Morgan fingerprint density at radius 1 is 1.37 bits per heavy atom. The maximum absolute atomic E-state index is 11.9. The number of rotatable bonds is 3. The molecule has 1 heterocycles. The summed E-state index contributed by atoms with van der Waals surface area (Å²) in [5.41, 5.74) is -0.756. The van der Waals surface area contributed by atoms with Gasteiger partial charge < -0.3 is 4.74 Å². The van der Waals surface area contributed by atoms with Crippen molar-refractivity contribution in [1.29, 1.82) is 0 Å². The lowest BCUT2D eigenvalue weighted by molar-refractivity contribution is 0.00583. The molecular weight excluding hydrogens is 270 g/mol. The average Bonchev–Trinajstić information content (AvgIpc) is 2.57. The highest BCUT2D eigenvalue weighted by Crippen LogP contribution is 2.25. The van der Waals surface area contributed by atoms with Gasteiger partial charge in [0.1, 0.15) is 10.5 Å². The van der Waals surface area contributed by atoms with Crippen molar-refractivity contribution in [3.63, 3.8) is 0 Å². The third kappa shape index (κ3) is 3.77. The van der Waals surface area contributed by atoms with Crippen molar-refractivity contribution >= 4 is 16.0 Å². The Bertz CT molecular complexity index is 582. The zero-order valence-corrected chi connectivity index (χ0v) is 12.5. The Hall–Kier alpha value is -1.41. The van der Waals surface area contributed by atoms with E-state index in [2.05, 4.69) is 10.2 Å². The monoisotopic (exact) mass is 289 g/mol. The van der Waals surface area contributed by atoms with Crippen molar-refractivity contribution in [3.05, 3.63) is 11.4 Å². The second-order valence-electron chi connectivity index (χ2n) is 5.52. The van der Waals surface area contributed by atoms with Gasteiger partial charge in [0.15, 0.2) is 5.69 Å². The molecule has 0 aliphatic heterocycles. The maximum Gasteiger partial charge on any atom is 0.360 e. The zero-order valence-electron chi connectivity index (χ0n) is 11.6. The maximum atomic E-state index is 11.9. The van der Waals surface area contributed by atoms with E-state index in [4.69, 9.17) is 9.88 Å². The van der Waals surface area contributed by atoms with Crippen LogP contribution in [0.25, 0.3) is 0 Å². The summed E-state index contributed by atoms with van der Waals surface area (Å²) in [6.45, 7) is 8.56. The summed E-state index contributed by atoms with van der Waals surface area (Å²) in [6.07, 6.45) is 0. The molecule has 19 heavy (non-hydrogen) atoms. The molecule has 1 aromatic rings. The number of hydrogen-bond acceptors (Lipinski definition) is 5. The van der Waals surface area contributed by atoms with Crippen LogP contribution in [0.1, 0.15) is 56.7 Å². The predicted octanol–water partition coefficient (Wildman–Crippen LogP) is 1.14. The van der Waals surface area contributed by atoms with Crippen molar-refractivity contribution in [2.24, 2.45) is 5.14 Å². The van der Waals surface area contributed by atoms with Crippen LogP contribution in [-0.4, -0.2) is 30.2 Å². The molecule has 0 aromatic carbocycles. The van der Waals surface area contributed by atoms with Gasteiger partial charge in [0.05, 0.1) is 5.69 Å². The standard InChI is InChI=1S/C11H19N3O4S/c1-6(2)7-9(19(12,16)17)8(14-13-7)10(15)18-11(3,4)5/h6H,1-5H3,(H,13,14)(H2,12,16,17). The van der Waals surface area contributed by atoms with E-state index in [1.54, 1.807) is 34.6 Å². The summed E-state index contributed by atoms with van der Waals surface area (Å²) in [5, 5.41) is 11.4. The van der Waals surface area contributed by atoms with Crippen LogP contribution in [-0.2, 0) is 14.8 Å². The minimum Gasteiger partial charge on any atom is -0.455 e. The topological polar surface area (TPSA) is 115 Å². The summed E-state index contributed by atoms with van der Waals surface area (Å²) < 4.78 is 28.4. The van der Waals surface area contributed by atoms with Crippen LogP contribution in [0.15, 0.2) is 4.90 Å². The molecule has 8 heteroatoms.